The highest BCUT2D eigenvalue weighted by atomic mass is 19.4. The van der Waals surface area contributed by atoms with Crippen molar-refractivity contribution in [2.45, 2.75) is 6.18 Å². The van der Waals surface area contributed by atoms with Crippen LogP contribution in [-0.2, 0) is 6.18 Å². The Hall–Kier alpha value is -3.16. The van der Waals surface area contributed by atoms with E-state index in [0.717, 1.165) is 18.2 Å². The van der Waals surface area contributed by atoms with Crippen molar-refractivity contribution in [2.75, 3.05) is 0 Å². The van der Waals surface area contributed by atoms with Gasteiger partial charge in [0.05, 0.1) is 16.8 Å². The van der Waals surface area contributed by atoms with Crippen LogP contribution in [0.15, 0.2) is 36.4 Å². The van der Waals surface area contributed by atoms with Crippen LogP contribution in [0.1, 0.15) is 27.2 Å². The first-order valence-corrected chi connectivity index (χ1v) is 7.02. The monoisotopic (exact) mass is 350 g/mol. The lowest BCUT2D eigenvalue weighted by Crippen LogP contribution is -2.03. The highest BCUT2D eigenvalue weighted by Gasteiger charge is 2.29. The first kappa shape index (κ1) is 16.7. The summed E-state index contributed by atoms with van der Waals surface area (Å²) in [5.41, 5.74) is -0.167. The molecule has 0 aliphatic carbocycles. The lowest BCUT2D eigenvalue weighted by atomic mass is 10.1. The fourth-order valence-electron chi connectivity index (χ4n) is 2.31. The third-order valence-corrected chi connectivity index (χ3v) is 3.57. The molecule has 0 spiro atoms. The highest BCUT2D eigenvalue weighted by molar-refractivity contribution is 5.97. The number of hydrogen-bond donors (Lipinski definition) is 2. The van der Waals surface area contributed by atoms with Gasteiger partial charge in [-0.1, -0.05) is 18.2 Å². The largest absolute Gasteiger partial charge is 0.478 e. The van der Waals surface area contributed by atoms with Crippen molar-refractivity contribution in [3.8, 4) is 0 Å². The smallest absolute Gasteiger partial charge is 0.416 e. The molecule has 1 heterocycles. The van der Waals surface area contributed by atoms with E-state index in [-0.39, 0.29) is 16.5 Å². The SMILES string of the molecule is O=C(O)c1cc(F)c2n[nH]c(C=Cc3ccc(C(F)(F)F)cc3)c2c1. The van der Waals surface area contributed by atoms with Crippen molar-refractivity contribution in [3.05, 3.63) is 64.6 Å². The number of aromatic carboxylic acids is 1. The van der Waals surface area contributed by atoms with Gasteiger partial charge in [-0.05, 0) is 35.9 Å². The number of fused-ring (bicyclic) bond motifs is 1. The Morgan fingerprint density at radius 1 is 1.12 bits per heavy atom. The predicted molar refractivity (Wildman–Crippen MR) is 83.4 cm³/mol. The van der Waals surface area contributed by atoms with E-state index in [1.165, 1.54) is 30.4 Å². The molecule has 0 fully saturated rings. The summed E-state index contributed by atoms with van der Waals surface area (Å²) in [6.45, 7) is 0. The molecule has 2 N–H and O–H groups in total. The van der Waals surface area contributed by atoms with E-state index in [1.54, 1.807) is 0 Å². The Morgan fingerprint density at radius 3 is 2.40 bits per heavy atom. The summed E-state index contributed by atoms with van der Waals surface area (Å²) in [7, 11) is 0. The zero-order valence-electron chi connectivity index (χ0n) is 12.4. The maximum absolute atomic E-state index is 13.9. The van der Waals surface area contributed by atoms with Gasteiger partial charge < -0.3 is 5.11 Å². The summed E-state index contributed by atoms with van der Waals surface area (Å²) in [4.78, 5) is 11.0. The Kier molecular flexibility index (Phi) is 4.03. The van der Waals surface area contributed by atoms with E-state index in [9.17, 15) is 22.4 Å². The summed E-state index contributed by atoms with van der Waals surface area (Å²) in [6, 6.07) is 6.63. The number of rotatable bonds is 3. The number of aromatic amines is 1. The van der Waals surface area contributed by atoms with Gasteiger partial charge >= 0.3 is 12.1 Å². The molecule has 0 unspecified atom stereocenters. The Bertz CT molecular complexity index is 973. The maximum Gasteiger partial charge on any atom is 0.416 e. The number of H-pyrrole nitrogens is 1. The Labute approximate surface area is 138 Å². The fraction of sp³-hybridized carbons (Fsp3) is 0.0588. The van der Waals surface area contributed by atoms with Gasteiger partial charge in [0, 0.05) is 5.39 Å². The summed E-state index contributed by atoms with van der Waals surface area (Å²) in [5, 5.41) is 15.6. The molecule has 0 aliphatic heterocycles. The second kappa shape index (κ2) is 6.04. The molecule has 8 heteroatoms. The van der Waals surface area contributed by atoms with Gasteiger partial charge in [-0.2, -0.15) is 18.3 Å². The van der Waals surface area contributed by atoms with Gasteiger partial charge in [0.2, 0.25) is 0 Å². The summed E-state index contributed by atoms with van der Waals surface area (Å²) in [5.74, 6) is -2.06. The van der Waals surface area contributed by atoms with Gasteiger partial charge in [0.25, 0.3) is 0 Å². The van der Waals surface area contributed by atoms with Crippen molar-refractivity contribution in [3.63, 3.8) is 0 Å². The van der Waals surface area contributed by atoms with Crippen LogP contribution in [0.2, 0.25) is 0 Å². The van der Waals surface area contributed by atoms with Crippen LogP contribution in [0.25, 0.3) is 23.1 Å². The van der Waals surface area contributed by atoms with Crippen molar-refractivity contribution < 1.29 is 27.5 Å². The molecule has 2 aromatic carbocycles. The minimum atomic E-state index is -4.41. The molecule has 0 bridgehead atoms. The van der Waals surface area contributed by atoms with Crippen LogP contribution in [0.4, 0.5) is 17.6 Å². The minimum Gasteiger partial charge on any atom is -0.478 e. The molecule has 0 aliphatic rings. The summed E-state index contributed by atoms with van der Waals surface area (Å²) < 4.78 is 51.5. The van der Waals surface area contributed by atoms with Crippen molar-refractivity contribution in [2.24, 2.45) is 0 Å². The zero-order valence-corrected chi connectivity index (χ0v) is 12.4. The van der Waals surface area contributed by atoms with Crippen molar-refractivity contribution in [1.82, 2.24) is 10.2 Å². The molecule has 1 aromatic heterocycles. The molecule has 4 nitrogen and oxygen atoms in total. The Balaban J connectivity index is 1.95. The lowest BCUT2D eigenvalue weighted by Gasteiger charge is -2.05. The average molecular weight is 350 g/mol. The van der Waals surface area contributed by atoms with Crippen LogP contribution in [0.5, 0.6) is 0 Å². The number of aromatic nitrogens is 2. The molecular formula is C17H10F4N2O2. The molecule has 0 atom stereocenters. The molecule has 0 amide bonds. The number of halogens is 4. The predicted octanol–water partition coefficient (Wildman–Crippen LogP) is 4.59. The van der Waals surface area contributed by atoms with Gasteiger partial charge in [-0.25, -0.2) is 9.18 Å². The summed E-state index contributed by atoms with van der Waals surface area (Å²) in [6.07, 6.45) is -1.41. The molecule has 0 radical (unpaired) electrons. The molecule has 3 aromatic rings. The van der Waals surface area contributed by atoms with E-state index >= 15 is 0 Å². The van der Waals surface area contributed by atoms with Gasteiger partial charge in [0.1, 0.15) is 5.52 Å². The number of nitrogens with one attached hydrogen (secondary N) is 1. The number of nitrogens with zero attached hydrogens (tertiary/aromatic N) is 1. The molecular weight excluding hydrogens is 340 g/mol. The van der Waals surface area contributed by atoms with Gasteiger partial charge in [-0.15, -0.1) is 0 Å². The second-order valence-electron chi connectivity index (χ2n) is 5.25. The highest BCUT2D eigenvalue weighted by Crippen LogP contribution is 2.29. The summed E-state index contributed by atoms with van der Waals surface area (Å²) >= 11 is 0. The van der Waals surface area contributed by atoms with E-state index in [0.29, 0.717) is 11.3 Å². The molecule has 0 saturated carbocycles. The Morgan fingerprint density at radius 2 is 1.80 bits per heavy atom. The number of alkyl halides is 3. The number of carboxylic acids is 1. The zero-order chi connectivity index (χ0) is 18.2. The topological polar surface area (TPSA) is 66.0 Å². The standard InChI is InChI=1S/C17H10F4N2O2/c18-13-8-10(16(24)25)7-12-14(22-23-15(12)13)6-3-9-1-4-11(5-2-9)17(19,20)21/h1-8H,(H,22,23)(H,24,25). The van der Waals surface area contributed by atoms with E-state index in [2.05, 4.69) is 10.2 Å². The van der Waals surface area contributed by atoms with Crippen LogP contribution in [0, 0.1) is 5.82 Å². The average Bonchev–Trinajstić information content (AvgIpc) is 2.96. The fourth-order valence-corrected chi connectivity index (χ4v) is 2.31. The maximum atomic E-state index is 13.9. The van der Waals surface area contributed by atoms with Gasteiger partial charge in [0.15, 0.2) is 5.82 Å². The number of hydrogen-bond acceptors (Lipinski definition) is 2. The van der Waals surface area contributed by atoms with Crippen molar-refractivity contribution >= 4 is 29.0 Å². The number of carboxylic acid groups (broad SMARTS) is 1. The number of benzene rings is 2. The lowest BCUT2D eigenvalue weighted by molar-refractivity contribution is -0.137. The molecule has 128 valence electrons. The molecule has 3 rings (SSSR count). The molecule has 0 saturated heterocycles. The second-order valence-corrected chi connectivity index (χ2v) is 5.25. The van der Waals surface area contributed by atoms with E-state index in [4.69, 9.17) is 5.11 Å². The third-order valence-electron chi connectivity index (χ3n) is 3.57. The van der Waals surface area contributed by atoms with Crippen LogP contribution in [-0.4, -0.2) is 21.3 Å². The van der Waals surface area contributed by atoms with E-state index < -0.39 is 23.5 Å². The van der Waals surface area contributed by atoms with Crippen molar-refractivity contribution in [1.29, 1.82) is 0 Å². The van der Waals surface area contributed by atoms with Crippen LogP contribution >= 0.6 is 0 Å². The molecule has 25 heavy (non-hydrogen) atoms. The van der Waals surface area contributed by atoms with E-state index in [1.807, 2.05) is 0 Å². The van der Waals surface area contributed by atoms with Crippen LogP contribution < -0.4 is 0 Å². The number of carbonyl (C=O) groups is 1. The van der Waals surface area contributed by atoms with Crippen LogP contribution in [0.3, 0.4) is 0 Å². The minimum absolute atomic E-state index is 0.0166. The van der Waals surface area contributed by atoms with Gasteiger partial charge in [-0.3, -0.25) is 5.10 Å². The first-order chi connectivity index (χ1) is 11.8. The third kappa shape index (κ3) is 3.37. The normalized spacial score (nSPS) is 12.2. The quantitative estimate of drug-likeness (QED) is 0.679. The first-order valence-electron chi connectivity index (χ1n) is 7.02.